The lowest BCUT2D eigenvalue weighted by Gasteiger charge is -2.18. The third-order valence-electron chi connectivity index (χ3n) is 3.52. The first-order valence-electron chi connectivity index (χ1n) is 7.85. The van der Waals surface area contributed by atoms with Gasteiger partial charge in [0.15, 0.2) is 0 Å². The maximum Gasteiger partial charge on any atom is 0.231 e. The zero-order valence-electron chi connectivity index (χ0n) is 13.0. The Morgan fingerprint density at radius 3 is 2.57 bits per heavy atom. The van der Waals surface area contributed by atoms with Crippen molar-refractivity contribution in [2.45, 2.75) is 45.6 Å². The standard InChI is InChI=1S/C14H26N6O/c1-3-15-12-17-13(16-11(2)7-6-10-21)19-14(18-12)20-8-4-5-9-20/h11,21H,3-10H2,1-2H3,(H2,15,16,17,18,19). The zero-order chi connectivity index (χ0) is 15.1. The summed E-state index contributed by atoms with van der Waals surface area (Å²) in [4.78, 5) is 15.6. The molecular formula is C14H26N6O. The second-order valence-corrected chi connectivity index (χ2v) is 5.42. The maximum atomic E-state index is 8.90. The fraction of sp³-hybridized carbons (Fsp3) is 0.786. The van der Waals surface area contributed by atoms with E-state index in [1.807, 2.05) is 6.92 Å². The van der Waals surface area contributed by atoms with Crippen LogP contribution in [0, 0.1) is 0 Å². The molecule has 2 heterocycles. The van der Waals surface area contributed by atoms with Crippen molar-refractivity contribution in [3.63, 3.8) is 0 Å². The average Bonchev–Trinajstić information content (AvgIpc) is 2.99. The summed E-state index contributed by atoms with van der Waals surface area (Å²) in [7, 11) is 0. The van der Waals surface area contributed by atoms with E-state index in [-0.39, 0.29) is 12.6 Å². The summed E-state index contributed by atoms with van der Waals surface area (Å²) in [6.07, 6.45) is 4.05. The van der Waals surface area contributed by atoms with E-state index in [0.717, 1.165) is 38.4 Å². The fourth-order valence-electron chi connectivity index (χ4n) is 2.42. The Balaban J connectivity index is 2.10. The summed E-state index contributed by atoms with van der Waals surface area (Å²) in [5, 5.41) is 15.4. The lowest BCUT2D eigenvalue weighted by molar-refractivity contribution is 0.282. The first-order chi connectivity index (χ1) is 10.2. The number of rotatable bonds is 8. The van der Waals surface area contributed by atoms with Gasteiger partial charge in [-0.05, 0) is 39.5 Å². The van der Waals surface area contributed by atoms with E-state index in [4.69, 9.17) is 5.11 Å². The maximum absolute atomic E-state index is 8.90. The van der Waals surface area contributed by atoms with E-state index in [2.05, 4.69) is 37.4 Å². The van der Waals surface area contributed by atoms with E-state index in [1.54, 1.807) is 0 Å². The first kappa shape index (κ1) is 15.8. The Hall–Kier alpha value is -1.63. The number of nitrogens with zero attached hydrogens (tertiary/aromatic N) is 4. The quantitative estimate of drug-likeness (QED) is 0.669. The van der Waals surface area contributed by atoms with Gasteiger partial charge in [-0.25, -0.2) is 0 Å². The average molecular weight is 294 g/mol. The lowest BCUT2D eigenvalue weighted by Crippen LogP contribution is -2.24. The lowest BCUT2D eigenvalue weighted by atomic mass is 10.2. The Morgan fingerprint density at radius 1 is 1.19 bits per heavy atom. The summed E-state index contributed by atoms with van der Waals surface area (Å²) in [5.41, 5.74) is 0. The normalized spacial score (nSPS) is 16.0. The Labute approximate surface area is 126 Å². The van der Waals surface area contributed by atoms with Gasteiger partial charge in [-0.2, -0.15) is 15.0 Å². The SMILES string of the molecule is CCNc1nc(NC(C)CCCO)nc(N2CCCC2)n1. The predicted octanol–water partition coefficient (Wildman–Crippen LogP) is 1.48. The molecule has 0 amide bonds. The van der Waals surface area contributed by atoms with Crippen molar-refractivity contribution >= 4 is 17.8 Å². The van der Waals surface area contributed by atoms with Crippen LogP contribution >= 0.6 is 0 Å². The van der Waals surface area contributed by atoms with Crippen LogP contribution in [0.25, 0.3) is 0 Å². The molecule has 118 valence electrons. The number of nitrogens with one attached hydrogen (secondary N) is 2. The molecule has 0 saturated carbocycles. The zero-order valence-corrected chi connectivity index (χ0v) is 13.0. The summed E-state index contributed by atoms with van der Waals surface area (Å²) < 4.78 is 0. The molecule has 7 heteroatoms. The number of anilines is 3. The van der Waals surface area contributed by atoms with Gasteiger partial charge >= 0.3 is 0 Å². The van der Waals surface area contributed by atoms with Gasteiger partial charge < -0.3 is 20.6 Å². The van der Waals surface area contributed by atoms with Crippen LogP contribution in [0.1, 0.15) is 39.5 Å². The minimum Gasteiger partial charge on any atom is -0.396 e. The summed E-state index contributed by atoms with van der Waals surface area (Å²) in [6, 6.07) is 0.223. The van der Waals surface area contributed by atoms with Crippen LogP contribution in [0.3, 0.4) is 0 Å². The number of aliphatic hydroxyl groups excluding tert-OH is 1. The van der Waals surface area contributed by atoms with Gasteiger partial charge in [0.1, 0.15) is 0 Å². The number of aliphatic hydroxyl groups is 1. The van der Waals surface area contributed by atoms with Crippen LogP contribution < -0.4 is 15.5 Å². The van der Waals surface area contributed by atoms with Gasteiger partial charge in [0, 0.05) is 32.3 Å². The van der Waals surface area contributed by atoms with Crippen molar-refractivity contribution in [2.75, 3.05) is 41.8 Å². The minimum atomic E-state index is 0.213. The summed E-state index contributed by atoms with van der Waals surface area (Å²) in [5.74, 6) is 1.97. The molecular weight excluding hydrogens is 268 g/mol. The molecule has 0 radical (unpaired) electrons. The Bertz CT molecular complexity index is 435. The molecule has 1 unspecified atom stereocenters. The molecule has 1 saturated heterocycles. The summed E-state index contributed by atoms with van der Waals surface area (Å²) in [6.45, 7) is 7.11. The molecule has 7 nitrogen and oxygen atoms in total. The monoisotopic (exact) mass is 294 g/mol. The van der Waals surface area contributed by atoms with E-state index < -0.39 is 0 Å². The highest BCUT2D eigenvalue weighted by Gasteiger charge is 2.17. The van der Waals surface area contributed by atoms with E-state index in [9.17, 15) is 0 Å². The fourth-order valence-corrected chi connectivity index (χ4v) is 2.42. The minimum absolute atomic E-state index is 0.213. The highest BCUT2D eigenvalue weighted by Crippen LogP contribution is 2.19. The van der Waals surface area contributed by atoms with Gasteiger partial charge in [0.25, 0.3) is 0 Å². The van der Waals surface area contributed by atoms with Gasteiger partial charge in [-0.1, -0.05) is 0 Å². The number of aromatic nitrogens is 3. The molecule has 2 rings (SSSR count). The van der Waals surface area contributed by atoms with Crippen LogP contribution in [-0.2, 0) is 0 Å². The van der Waals surface area contributed by atoms with Crippen molar-refractivity contribution < 1.29 is 5.11 Å². The van der Waals surface area contributed by atoms with Gasteiger partial charge in [0.05, 0.1) is 0 Å². The largest absolute Gasteiger partial charge is 0.396 e. The van der Waals surface area contributed by atoms with Crippen molar-refractivity contribution in [1.82, 2.24) is 15.0 Å². The molecule has 1 atom stereocenters. The molecule has 0 aromatic carbocycles. The van der Waals surface area contributed by atoms with Crippen LogP contribution in [0.5, 0.6) is 0 Å². The molecule has 0 spiro atoms. The molecule has 1 aliphatic heterocycles. The second-order valence-electron chi connectivity index (χ2n) is 5.42. The molecule has 1 aliphatic rings. The number of hydrogen-bond acceptors (Lipinski definition) is 7. The van der Waals surface area contributed by atoms with Gasteiger partial charge in [0.2, 0.25) is 17.8 Å². The third-order valence-corrected chi connectivity index (χ3v) is 3.52. The van der Waals surface area contributed by atoms with Gasteiger partial charge in [-0.15, -0.1) is 0 Å². The molecule has 0 aliphatic carbocycles. The van der Waals surface area contributed by atoms with E-state index in [1.165, 1.54) is 12.8 Å². The first-order valence-corrected chi connectivity index (χ1v) is 7.85. The molecule has 1 fully saturated rings. The molecule has 0 bridgehead atoms. The predicted molar refractivity (Wildman–Crippen MR) is 84.8 cm³/mol. The van der Waals surface area contributed by atoms with Crippen molar-refractivity contribution in [2.24, 2.45) is 0 Å². The highest BCUT2D eigenvalue weighted by atomic mass is 16.2. The topological polar surface area (TPSA) is 86.2 Å². The summed E-state index contributed by atoms with van der Waals surface area (Å²) >= 11 is 0. The van der Waals surface area contributed by atoms with Crippen LogP contribution in [0.15, 0.2) is 0 Å². The molecule has 21 heavy (non-hydrogen) atoms. The van der Waals surface area contributed by atoms with Crippen molar-refractivity contribution in [3.8, 4) is 0 Å². The van der Waals surface area contributed by atoms with E-state index >= 15 is 0 Å². The Kier molecular flexibility index (Phi) is 5.98. The Morgan fingerprint density at radius 2 is 1.90 bits per heavy atom. The molecule has 3 N–H and O–H groups in total. The van der Waals surface area contributed by atoms with Crippen LogP contribution in [-0.4, -0.2) is 52.3 Å². The third kappa shape index (κ3) is 4.70. The highest BCUT2D eigenvalue weighted by molar-refractivity contribution is 5.44. The van der Waals surface area contributed by atoms with E-state index in [0.29, 0.717) is 11.9 Å². The van der Waals surface area contributed by atoms with Crippen LogP contribution in [0.2, 0.25) is 0 Å². The smallest absolute Gasteiger partial charge is 0.231 e. The van der Waals surface area contributed by atoms with Crippen molar-refractivity contribution in [1.29, 1.82) is 0 Å². The molecule has 1 aromatic rings. The second kappa shape index (κ2) is 7.97. The van der Waals surface area contributed by atoms with Crippen LogP contribution in [0.4, 0.5) is 17.8 Å². The van der Waals surface area contributed by atoms with Crippen molar-refractivity contribution in [3.05, 3.63) is 0 Å². The molecule has 1 aromatic heterocycles. The van der Waals surface area contributed by atoms with Gasteiger partial charge in [-0.3, -0.25) is 0 Å². The number of hydrogen-bond donors (Lipinski definition) is 3.